The molecule has 0 aliphatic carbocycles. The number of rotatable bonds is 3. The first-order chi connectivity index (χ1) is 15.0. The fraction of sp³-hybridized carbons (Fsp3) is 0.208. The van der Waals surface area contributed by atoms with Crippen molar-refractivity contribution in [3.8, 4) is 17.2 Å². The van der Waals surface area contributed by atoms with Gasteiger partial charge in [-0.05, 0) is 26.3 Å². The molecule has 0 spiro atoms. The number of aromatic nitrogens is 5. The molecule has 0 fully saturated rings. The number of nitrogens with one attached hydrogen (secondary N) is 1. The summed E-state index contributed by atoms with van der Waals surface area (Å²) in [6.07, 6.45) is 2.01. The Morgan fingerprint density at radius 2 is 1.84 bits per heavy atom. The van der Waals surface area contributed by atoms with Gasteiger partial charge in [-0.3, -0.25) is 4.79 Å². The fourth-order valence-corrected chi connectivity index (χ4v) is 4.11. The maximum absolute atomic E-state index is 12.6. The lowest BCUT2D eigenvalue weighted by atomic mass is 9.85. The minimum absolute atomic E-state index is 0.0530. The summed E-state index contributed by atoms with van der Waals surface area (Å²) >= 11 is 0. The smallest absolute Gasteiger partial charge is 0.272 e. The second-order valence-corrected chi connectivity index (χ2v) is 7.99. The third kappa shape index (κ3) is 3.48. The summed E-state index contributed by atoms with van der Waals surface area (Å²) < 4.78 is 1.59. The summed E-state index contributed by atoms with van der Waals surface area (Å²) in [5.41, 5.74) is 6.91. The van der Waals surface area contributed by atoms with Crippen LogP contribution in [0.3, 0.4) is 0 Å². The molecule has 154 valence electrons. The molecule has 1 N–H and O–H groups in total. The molecule has 0 bridgehead atoms. The zero-order valence-electron chi connectivity index (χ0n) is 17.6. The molecule has 3 heterocycles. The van der Waals surface area contributed by atoms with Crippen molar-refractivity contribution in [3.05, 3.63) is 82.7 Å². The molecule has 0 radical (unpaired) electrons. The van der Waals surface area contributed by atoms with Crippen molar-refractivity contribution < 1.29 is 4.79 Å². The van der Waals surface area contributed by atoms with Crippen LogP contribution < -0.4 is 5.32 Å². The number of nitrogens with zero attached hydrogens (tertiary/aromatic N) is 5. The number of hydrogen-bond acceptors (Lipinski definition) is 5. The van der Waals surface area contributed by atoms with Crippen LogP contribution in [0, 0.1) is 20.8 Å². The van der Waals surface area contributed by atoms with Crippen LogP contribution in [0.2, 0.25) is 0 Å². The first-order valence-corrected chi connectivity index (χ1v) is 10.2. The molecule has 7 nitrogen and oxygen atoms in total. The minimum Gasteiger partial charge on any atom is -0.310 e. The van der Waals surface area contributed by atoms with E-state index >= 15 is 0 Å². The molecule has 7 heteroatoms. The van der Waals surface area contributed by atoms with Crippen molar-refractivity contribution in [2.45, 2.75) is 33.1 Å². The first kappa shape index (κ1) is 19.1. The van der Waals surface area contributed by atoms with E-state index in [4.69, 9.17) is 0 Å². The standard InChI is InChI=1S/C24H22N6O/c1-14-7-9-17(10-8-14)20-13-25-28-24(26-20)30-23-22(16(3)29-30)19(12-21(31)27-23)18-6-4-5-15(2)11-18/h4-11,13,19H,12H2,1-3H3,(H,27,31)/t19-/m1/s1. The molecule has 1 atom stereocenters. The van der Waals surface area contributed by atoms with E-state index in [9.17, 15) is 4.79 Å². The third-order valence-electron chi connectivity index (χ3n) is 5.63. The Balaban J connectivity index is 1.61. The summed E-state index contributed by atoms with van der Waals surface area (Å²) in [7, 11) is 0. The summed E-state index contributed by atoms with van der Waals surface area (Å²) in [6, 6.07) is 16.3. The van der Waals surface area contributed by atoms with E-state index in [2.05, 4.69) is 50.7 Å². The van der Waals surface area contributed by atoms with Crippen LogP contribution >= 0.6 is 0 Å². The lowest BCUT2D eigenvalue weighted by Gasteiger charge is -2.24. The van der Waals surface area contributed by atoms with Gasteiger partial charge in [0.1, 0.15) is 5.82 Å². The molecule has 0 saturated heterocycles. The van der Waals surface area contributed by atoms with Crippen molar-refractivity contribution in [2.75, 3.05) is 5.32 Å². The van der Waals surface area contributed by atoms with E-state index in [1.165, 1.54) is 5.56 Å². The Morgan fingerprint density at radius 1 is 1.03 bits per heavy atom. The van der Waals surface area contributed by atoms with Crippen molar-refractivity contribution in [1.29, 1.82) is 0 Å². The van der Waals surface area contributed by atoms with Gasteiger partial charge in [0.2, 0.25) is 5.91 Å². The quantitative estimate of drug-likeness (QED) is 0.549. The average Bonchev–Trinajstić information content (AvgIpc) is 3.10. The van der Waals surface area contributed by atoms with Gasteiger partial charge in [0, 0.05) is 23.5 Å². The summed E-state index contributed by atoms with van der Waals surface area (Å²) in [6.45, 7) is 6.05. The van der Waals surface area contributed by atoms with Crippen LogP contribution in [0.4, 0.5) is 5.82 Å². The lowest BCUT2D eigenvalue weighted by molar-refractivity contribution is -0.116. The first-order valence-electron chi connectivity index (χ1n) is 10.2. The molecule has 0 unspecified atom stereocenters. The van der Waals surface area contributed by atoms with Gasteiger partial charge in [0.15, 0.2) is 0 Å². The fourth-order valence-electron chi connectivity index (χ4n) is 4.11. The maximum atomic E-state index is 12.6. The Labute approximate surface area is 180 Å². The van der Waals surface area contributed by atoms with E-state index in [0.717, 1.165) is 27.9 Å². The third-order valence-corrected chi connectivity index (χ3v) is 5.63. The number of carbonyl (C=O) groups excluding carboxylic acids is 1. The molecule has 1 aliphatic heterocycles. The monoisotopic (exact) mass is 410 g/mol. The highest BCUT2D eigenvalue weighted by Gasteiger charge is 2.33. The molecule has 5 rings (SSSR count). The highest BCUT2D eigenvalue weighted by atomic mass is 16.1. The molecule has 31 heavy (non-hydrogen) atoms. The molecule has 1 amide bonds. The van der Waals surface area contributed by atoms with E-state index in [1.807, 2.05) is 44.2 Å². The van der Waals surface area contributed by atoms with Gasteiger partial charge in [-0.15, -0.1) is 5.10 Å². The largest absolute Gasteiger partial charge is 0.310 e. The van der Waals surface area contributed by atoms with Gasteiger partial charge >= 0.3 is 0 Å². The minimum atomic E-state index is -0.0642. The van der Waals surface area contributed by atoms with Gasteiger partial charge in [-0.1, -0.05) is 59.7 Å². The predicted molar refractivity (Wildman–Crippen MR) is 118 cm³/mol. The Hall–Kier alpha value is -3.87. The van der Waals surface area contributed by atoms with Gasteiger partial charge < -0.3 is 5.32 Å². The summed E-state index contributed by atoms with van der Waals surface area (Å²) in [5.74, 6) is 0.823. The van der Waals surface area contributed by atoms with Crippen molar-refractivity contribution in [2.24, 2.45) is 0 Å². The Kier molecular flexibility index (Phi) is 4.58. The number of amides is 1. The Bertz CT molecular complexity index is 1290. The summed E-state index contributed by atoms with van der Waals surface area (Å²) in [5, 5.41) is 16.0. The lowest BCUT2D eigenvalue weighted by Crippen LogP contribution is -2.25. The molecule has 0 saturated carbocycles. The van der Waals surface area contributed by atoms with Gasteiger partial charge in [-0.2, -0.15) is 14.9 Å². The molecule has 4 aromatic rings. The van der Waals surface area contributed by atoms with E-state index in [-0.39, 0.29) is 11.8 Å². The second kappa shape index (κ2) is 7.43. The van der Waals surface area contributed by atoms with Crippen LogP contribution in [-0.2, 0) is 4.79 Å². The van der Waals surface area contributed by atoms with E-state index < -0.39 is 0 Å². The number of anilines is 1. The maximum Gasteiger partial charge on any atom is 0.272 e. The summed E-state index contributed by atoms with van der Waals surface area (Å²) in [4.78, 5) is 17.3. The number of benzene rings is 2. The highest BCUT2D eigenvalue weighted by Crippen LogP contribution is 2.40. The number of carbonyl (C=O) groups is 1. The molecule has 1 aliphatic rings. The topological polar surface area (TPSA) is 85.6 Å². The van der Waals surface area contributed by atoms with Crippen molar-refractivity contribution in [1.82, 2.24) is 25.0 Å². The Morgan fingerprint density at radius 3 is 2.61 bits per heavy atom. The highest BCUT2D eigenvalue weighted by molar-refractivity contribution is 5.95. The van der Waals surface area contributed by atoms with E-state index in [1.54, 1.807) is 10.9 Å². The average molecular weight is 410 g/mol. The van der Waals surface area contributed by atoms with Gasteiger partial charge in [-0.25, -0.2) is 4.98 Å². The normalized spacial score (nSPS) is 15.5. The second-order valence-electron chi connectivity index (χ2n) is 7.99. The van der Waals surface area contributed by atoms with Gasteiger partial charge in [0.25, 0.3) is 5.95 Å². The van der Waals surface area contributed by atoms with Gasteiger partial charge in [0.05, 0.1) is 17.6 Å². The number of fused-ring (bicyclic) bond motifs is 1. The van der Waals surface area contributed by atoms with Crippen LogP contribution in [0.15, 0.2) is 54.7 Å². The van der Waals surface area contributed by atoms with Crippen LogP contribution in [0.1, 0.15) is 40.3 Å². The molecule has 2 aromatic heterocycles. The number of aryl methyl sites for hydroxylation is 3. The number of hydrogen-bond donors (Lipinski definition) is 1. The van der Waals surface area contributed by atoms with Crippen molar-refractivity contribution >= 4 is 11.7 Å². The zero-order chi connectivity index (χ0) is 21.5. The van der Waals surface area contributed by atoms with E-state index in [0.29, 0.717) is 23.9 Å². The SMILES string of the molecule is Cc1ccc(-c2cnnc(-n3nc(C)c4c3NC(=O)C[C@@H]4c3cccc(C)c3)n2)cc1. The zero-order valence-corrected chi connectivity index (χ0v) is 17.6. The van der Waals surface area contributed by atoms with Crippen LogP contribution in [0.25, 0.3) is 17.2 Å². The molecule has 2 aromatic carbocycles. The van der Waals surface area contributed by atoms with Crippen LogP contribution in [0.5, 0.6) is 0 Å². The van der Waals surface area contributed by atoms with Crippen molar-refractivity contribution in [3.63, 3.8) is 0 Å². The molecular weight excluding hydrogens is 388 g/mol. The van der Waals surface area contributed by atoms with Crippen LogP contribution in [-0.4, -0.2) is 30.9 Å². The molecular formula is C24H22N6O. The predicted octanol–water partition coefficient (Wildman–Crippen LogP) is 4.12.